The third kappa shape index (κ3) is 4.29. The van der Waals surface area contributed by atoms with Crippen LogP contribution in [0.2, 0.25) is 0 Å². The fourth-order valence-corrected chi connectivity index (χ4v) is 3.27. The second kappa shape index (κ2) is 7.88. The first-order chi connectivity index (χ1) is 11.4. The van der Waals surface area contributed by atoms with E-state index in [4.69, 9.17) is 4.74 Å². The molecule has 2 aromatic rings. The van der Waals surface area contributed by atoms with Gasteiger partial charge in [0.2, 0.25) is 0 Å². The molecular weight excluding hydrogens is 326 g/mol. The van der Waals surface area contributed by atoms with Crippen LogP contribution in [0.25, 0.3) is 0 Å². The highest BCUT2D eigenvalue weighted by Crippen LogP contribution is 2.22. The second-order valence-corrected chi connectivity index (χ2v) is 6.53. The van der Waals surface area contributed by atoms with Crippen LogP contribution in [0.4, 0.5) is 5.69 Å². The molecule has 0 aliphatic heterocycles. The van der Waals surface area contributed by atoms with Gasteiger partial charge in [0.05, 0.1) is 5.69 Å². The Morgan fingerprint density at radius 3 is 2.54 bits per heavy atom. The predicted molar refractivity (Wildman–Crippen MR) is 93.8 cm³/mol. The van der Waals surface area contributed by atoms with E-state index in [-0.39, 0.29) is 5.78 Å². The molecule has 0 atom stereocenters. The van der Waals surface area contributed by atoms with E-state index < -0.39 is 18.5 Å². The zero-order valence-electron chi connectivity index (χ0n) is 13.8. The summed E-state index contributed by atoms with van der Waals surface area (Å²) in [5.41, 5.74) is 1.93. The number of esters is 1. The van der Waals surface area contributed by atoms with Crippen molar-refractivity contribution in [2.45, 2.75) is 27.2 Å². The van der Waals surface area contributed by atoms with Gasteiger partial charge in [-0.1, -0.05) is 19.1 Å². The number of ketones is 1. The molecule has 5 nitrogen and oxygen atoms in total. The molecule has 0 saturated heterocycles. The lowest BCUT2D eigenvalue weighted by atomic mass is 10.1. The van der Waals surface area contributed by atoms with Crippen LogP contribution in [0.5, 0.6) is 0 Å². The van der Waals surface area contributed by atoms with Crippen molar-refractivity contribution in [2.24, 2.45) is 0 Å². The molecule has 0 spiro atoms. The minimum absolute atomic E-state index is 0.149. The molecule has 1 N–H and O–H groups in total. The number of aryl methyl sites for hydroxylation is 2. The van der Waals surface area contributed by atoms with E-state index in [1.54, 1.807) is 30.3 Å². The Balaban J connectivity index is 1.96. The number of nitrogens with one attached hydrogen (secondary N) is 1. The summed E-state index contributed by atoms with van der Waals surface area (Å²) in [6.45, 7) is 4.99. The fourth-order valence-electron chi connectivity index (χ4n) is 2.26. The number of ether oxygens (including phenoxy) is 1. The van der Waals surface area contributed by atoms with Gasteiger partial charge in [0.15, 0.2) is 12.4 Å². The van der Waals surface area contributed by atoms with Gasteiger partial charge >= 0.3 is 5.97 Å². The summed E-state index contributed by atoms with van der Waals surface area (Å²) >= 11 is 1.36. The van der Waals surface area contributed by atoms with Crippen molar-refractivity contribution in [2.75, 3.05) is 11.9 Å². The van der Waals surface area contributed by atoms with Crippen LogP contribution in [-0.4, -0.2) is 24.3 Å². The van der Waals surface area contributed by atoms with Gasteiger partial charge in [-0.3, -0.25) is 9.59 Å². The molecule has 1 aromatic carbocycles. The molecule has 0 radical (unpaired) electrons. The lowest BCUT2D eigenvalue weighted by Gasteiger charge is -2.09. The van der Waals surface area contributed by atoms with Crippen molar-refractivity contribution < 1.29 is 19.1 Å². The highest BCUT2D eigenvalue weighted by molar-refractivity contribution is 7.14. The maximum absolute atomic E-state index is 12.0. The zero-order valence-corrected chi connectivity index (χ0v) is 14.7. The smallest absolute Gasteiger partial charge is 0.348 e. The summed E-state index contributed by atoms with van der Waals surface area (Å²) in [5.74, 6) is -1.15. The van der Waals surface area contributed by atoms with Gasteiger partial charge in [0, 0.05) is 10.4 Å². The monoisotopic (exact) mass is 345 g/mol. The normalized spacial score (nSPS) is 10.3. The summed E-state index contributed by atoms with van der Waals surface area (Å²) in [6, 6.07) is 8.49. The van der Waals surface area contributed by atoms with Crippen LogP contribution in [0.15, 0.2) is 30.3 Å². The van der Waals surface area contributed by atoms with Gasteiger partial charge in [-0.05, 0) is 44.0 Å². The van der Waals surface area contributed by atoms with Crippen LogP contribution in [0.1, 0.15) is 44.3 Å². The summed E-state index contributed by atoms with van der Waals surface area (Å²) < 4.78 is 5.05. The summed E-state index contributed by atoms with van der Waals surface area (Å²) in [4.78, 5) is 37.1. The Hall–Kier alpha value is -2.47. The molecule has 0 bridgehead atoms. The van der Waals surface area contributed by atoms with Gasteiger partial charge in [0.1, 0.15) is 4.88 Å². The average Bonchev–Trinajstić information content (AvgIpc) is 2.94. The van der Waals surface area contributed by atoms with Gasteiger partial charge < -0.3 is 10.1 Å². The van der Waals surface area contributed by atoms with Gasteiger partial charge in [0.25, 0.3) is 5.91 Å². The number of amides is 1. The number of benzene rings is 1. The first-order valence-corrected chi connectivity index (χ1v) is 8.40. The first kappa shape index (κ1) is 17.9. The number of thiophene rings is 1. The molecule has 0 aliphatic carbocycles. The minimum atomic E-state index is -0.516. The van der Waals surface area contributed by atoms with Crippen LogP contribution >= 0.6 is 11.3 Å². The van der Waals surface area contributed by atoms with Crippen LogP contribution in [0, 0.1) is 6.92 Å². The van der Waals surface area contributed by atoms with Gasteiger partial charge in [-0.15, -0.1) is 11.3 Å². The topological polar surface area (TPSA) is 72.5 Å². The predicted octanol–water partition coefficient (Wildman–Crippen LogP) is 3.62. The fraction of sp³-hybridized carbons (Fsp3) is 0.278. The Labute approximate surface area is 144 Å². The molecule has 24 heavy (non-hydrogen) atoms. The SMILES string of the molecule is CCc1cc(C(=O)OCC(=O)Nc2ccccc2C(C)=O)sc1C. The maximum Gasteiger partial charge on any atom is 0.348 e. The molecule has 0 aliphatic rings. The Morgan fingerprint density at radius 2 is 1.92 bits per heavy atom. The average molecular weight is 345 g/mol. The molecular formula is C18H19NO4S. The van der Waals surface area contributed by atoms with Crippen molar-refractivity contribution in [3.05, 3.63) is 51.2 Å². The summed E-state index contributed by atoms with van der Waals surface area (Å²) in [6.07, 6.45) is 0.845. The standard InChI is InChI=1S/C18H19NO4S/c1-4-13-9-16(24-12(13)3)18(22)23-10-17(21)19-15-8-6-5-7-14(15)11(2)20/h5-9H,4,10H2,1-3H3,(H,19,21). The lowest BCUT2D eigenvalue weighted by Crippen LogP contribution is -2.21. The van der Waals surface area contributed by atoms with Crippen LogP contribution < -0.4 is 5.32 Å². The molecule has 1 amide bonds. The largest absolute Gasteiger partial charge is 0.451 e. The highest BCUT2D eigenvalue weighted by atomic mass is 32.1. The number of anilines is 1. The molecule has 126 valence electrons. The van der Waals surface area contributed by atoms with Crippen molar-refractivity contribution in [3.63, 3.8) is 0 Å². The summed E-state index contributed by atoms with van der Waals surface area (Å²) in [5, 5.41) is 2.59. The van der Waals surface area contributed by atoms with E-state index in [0.29, 0.717) is 16.1 Å². The molecule has 6 heteroatoms. The van der Waals surface area contributed by atoms with E-state index in [1.165, 1.54) is 18.3 Å². The minimum Gasteiger partial charge on any atom is -0.451 e. The molecule has 0 fully saturated rings. The van der Waals surface area contributed by atoms with E-state index in [1.807, 2.05) is 13.8 Å². The van der Waals surface area contributed by atoms with Crippen molar-refractivity contribution in [3.8, 4) is 0 Å². The molecule has 0 saturated carbocycles. The zero-order chi connectivity index (χ0) is 17.7. The van der Waals surface area contributed by atoms with E-state index in [0.717, 1.165) is 16.9 Å². The lowest BCUT2D eigenvalue weighted by molar-refractivity contribution is -0.119. The highest BCUT2D eigenvalue weighted by Gasteiger charge is 2.15. The molecule has 2 rings (SSSR count). The Morgan fingerprint density at radius 1 is 1.21 bits per heavy atom. The van der Waals surface area contributed by atoms with E-state index in [9.17, 15) is 14.4 Å². The second-order valence-electron chi connectivity index (χ2n) is 5.27. The van der Waals surface area contributed by atoms with Crippen LogP contribution in [0.3, 0.4) is 0 Å². The van der Waals surface area contributed by atoms with E-state index >= 15 is 0 Å². The number of hydrogen-bond donors (Lipinski definition) is 1. The van der Waals surface area contributed by atoms with Crippen molar-refractivity contribution in [1.29, 1.82) is 0 Å². The number of para-hydroxylation sites is 1. The van der Waals surface area contributed by atoms with Gasteiger partial charge in [-0.2, -0.15) is 0 Å². The van der Waals surface area contributed by atoms with E-state index in [2.05, 4.69) is 5.32 Å². The molecule has 0 unspecified atom stereocenters. The number of carbonyl (C=O) groups is 3. The Bertz CT molecular complexity index is 779. The van der Waals surface area contributed by atoms with Crippen molar-refractivity contribution in [1.82, 2.24) is 0 Å². The number of Topliss-reactive ketones (excluding diaryl/α,β-unsaturated/α-hetero) is 1. The first-order valence-electron chi connectivity index (χ1n) is 7.58. The quantitative estimate of drug-likeness (QED) is 0.641. The number of rotatable bonds is 6. The number of carbonyl (C=O) groups excluding carboxylic acids is 3. The Kier molecular flexibility index (Phi) is 5.87. The third-order valence-corrected chi connectivity index (χ3v) is 4.59. The number of hydrogen-bond acceptors (Lipinski definition) is 5. The van der Waals surface area contributed by atoms with Crippen LogP contribution in [-0.2, 0) is 16.0 Å². The maximum atomic E-state index is 12.0. The molecule has 1 aromatic heterocycles. The molecule has 1 heterocycles. The van der Waals surface area contributed by atoms with Crippen molar-refractivity contribution >= 4 is 34.7 Å². The van der Waals surface area contributed by atoms with Gasteiger partial charge in [-0.25, -0.2) is 4.79 Å². The summed E-state index contributed by atoms with van der Waals surface area (Å²) in [7, 11) is 0. The third-order valence-electron chi connectivity index (χ3n) is 3.52.